The molecule has 0 saturated heterocycles. The lowest BCUT2D eigenvalue weighted by atomic mass is 10.1. The normalized spacial score (nSPS) is 12.3. The van der Waals surface area contributed by atoms with Crippen molar-refractivity contribution < 1.29 is 0 Å². The molecule has 4 aromatic heterocycles. The third kappa shape index (κ3) is 2.09. The van der Waals surface area contributed by atoms with Crippen LogP contribution in [-0.2, 0) is 6.54 Å². The minimum Gasteiger partial charge on any atom is -0.309 e. The quantitative estimate of drug-likeness (QED) is 0.379. The number of hydrogen-bond acceptors (Lipinski definition) is 2. The van der Waals surface area contributed by atoms with Gasteiger partial charge in [0.25, 0.3) is 11.1 Å². The molecule has 0 bridgehead atoms. The SMILES string of the molecule is O=c1c2c(c(=O)n1CCCBr)n1c3ccccc3cc1c1cccc3ccn2c31. The predicted molar refractivity (Wildman–Crippen MR) is 121 cm³/mol. The van der Waals surface area contributed by atoms with Gasteiger partial charge < -0.3 is 8.80 Å². The van der Waals surface area contributed by atoms with Gasteiger partial charge >= 0.3 is 0 Å². The maximum atomic E-state index is 13.5. The summed E-state index contributed by atoms with van der Waals surface area (Å²) in [5.74, 6) is 0. The van der Waals surface area contributed by atoms with Crippen molar-refractivity contribution in [3.8, 4) is 0 Å². The highest BCUT2D eigenvalue weighted by molar-refractivity contribution is 9.09. The van der Waals surface area contributed by atoms with Gasteiger partial charge in [0.2, 0.25) is 0 Å². The van der Waals surface area contributed by atoms with E-state index < -0.39 is 0 Å². The van der Waals surface area contributed by atoms with E-state index in [1.165, 1.54) is 4.57 Å². The molecule has 0 amide bonds. The van der Waals surface area contributed by atoms with E-state index in [-0.39, 0.29) is 11.1 Å². The molecule has 0 radical (unpaired) electrons. The molecule has 0 N–H and O–H groups in total. The third-order valence-electron chi connectivity index (χ3n) is 5.80. The summed E-state index contributed by atoms with van der Waals surface area (Å²) < 4.78 is 5.25. The summed E-state index contributed by atoms with van der Waals surface area (Å²) in [7, 11) is 0. The number of hydrogen-bond donors (Lipinski definition) is 0. The first kappa shape index (κ1) is 16.8. The molecule has 0 unspecified atom stereocenters. The molecule has 0 aliphatic rings. The van der Waals surface area contributed by atoms with Crippen LogP contribution in [0.15, 0.2) is 70.4 Å². The summed E-state index contributed by atoms with van der Waals surface area (Å²) in [4.78, 5) is 26.9. The van der Waals surface area contributed by atoms with Gasteiger partial charge in [-0.25, -0.2) is 0 Å². The first-order valence-corrected chi connectivity index (χ1v) is 10.7. The average Bonchev–Trinajstić information content (AvgIpc) is 3.36. The Bertz CT molecular complexity index is 1690. The molecule has 0 spiro atoms. The van der Waals surface area contributed by atoms with Crippen LogP contribution in [0.4, 0.5) is 0 Å². The Morgan fingerprint density at radius 2 is 1.59 bits per heavy atom. The first-order chi connectivity index (χ1) is 14.2. The van der Waals surface area contributed by atoms with Crippen molar-refractivity contribution in [1.82, 2.24) is 13.4 Å². The van der Waals surface area contributed by atoms with Gasteiger partial charge in [0.15, 0.2) is 0 Å². The number of nitrogens with zero attached hydrogens (tertiary/aromatic N) is 3. The fourth-order valence-electron chi connectivity index (χ4n) is 4.57. The molecule has 6 aromatic rings. The van der Waals surface area contributed by atoms with Gasteiger partial charge in [-0.3, -0.25) is 14.2 Å². The zero-order valence-corrected chi connectivity index (χ0v) is 17.0. The lowest BCUT2D eigenvalue weighted by Gasteiger charge is -1.99. The summed E-state index contributed by atoms with van der Waals surface area (Å²) in [5.41, 5.74) is 3.24. The Balaban J connectivity index is 2.03. The van der Waals surface area contributed by atoms with Gasteiger partial charge in [0, 0.05) is 34.2 Å². The van der Waals surface area contributed by atoms with Crippen LogP contribution in [0.5, 0.6) is 0 Å². The van der Waals surface area contributed by atoms with Crippen molar-refractivity contribution in [3.05, 3.63) is 81.5 Å². The maximum absolute atomic E-state index is 13.5. The Morgan fingerprint density at radius 3 is 2.45 bits per heavy atom. The van der Waals surface area contributed by atoms with Crippen LogP contribution < -0.4 is 11.1 Å². The van der Waals surface area contributed by atoms with Crippen LogP contribution in [-0.4, -0.2) is 18.7 Å². The van der Waals surface area contributed by atoms with Crippen molar-refractivity contribution in [2.45, 2.75) is 13.0 Å². The summed E-state index contributed by atoms with van der Waals surface area (Å²) in [6.45, 7) is 0.399. The Kier molecular flexibility index (Phi) is 3.44. The van der Waals surface area contributed by atoms with Crippen LogP contribution in [0.1, 0.15) is 6.42 Å². The minimum absolute atomic E-state index is 0.233. The summed E-state index contributed by atoms with van der Waals surface area (Å²) >= 11 is 3.40. The molecule has 0 saturated carbocycles. The fraction of sp³-hybridized carbons (Fsp3) is 0.130. The fourth-order valence-corrected chi connectivity index (χ4v) is 4.82. The molecule has 6 rings (SSSR count). The second-order valence-electron chi connectivity index (χ2n) is 7.35. The van der Waals surface area contributed by atoms with E-state index >= 15 is 0 Å². The lowest BCUT2D eigenvalue weighted by molar-refractivity contribution is 0.654. The van der Waals surface area contributed by atoms with E-state index in [1.54, 1.807) is 0 Å². The molecule has 142 valence electrons. The molecule has 0 atom stereocenters. The number of para-hydroxylation sites is 2. The van der Waals surface area contributed by atoms with Gasteiger partial charge in [-0.15, -0.1) is 0 Å². The van der Waals surface area contributed by atoms with Crippen LogP contribution in [0.25, 0.3) is 43.7 Å². The standard InChI is InChI=1S/C23H16BrN3O2/c24-10-4-11-26-22(28)20-21(23(26)29)27-17-8-2-1-5-15(17)13-18(27)16-7-3-6-14-9-12-25(20)19(14)16/h1-3,5-9,12-13H,4,10-11H2. The average molecular weight is 446 g/mol. The number of fused-ring (bicyclic) bond motifs is 7. The Hall–Kier alpha value is -3.12. The van der Waals surface area contributed by atoms with E-state index in [0.29, 0.717) is 17.6 Å². The van der Waals surface area contributed by atoms with E-state index in [0.717, 1.165) is 44.5 Å². The molecule has 5 nitrogen and oxygen atoms in total. The first-order valence-electron chi connectivity index (χ1n) is 9.59. The van der Waals surface area contributed by atoms with Crippen LogP contribution >= 0.6 is 15.9 Å². The maximum Gasteiger partial charge on any atom is 0.280 e. The highest BCUT2D eigenvalue weighted by Crippen LogP contribution is 2.31. The van der Waals surface area contributed by atoms with E-state index in [1.807, 2.05) is 57.5 Å². The highest BCUT2D eigenvalue weighted by Gasteiger charge is 2.21. The van der Waals surface area contributed by atoms with Crippen molar-refractivity contribution in [2.24, 2.45) is 0 Å². The molecular formula is C23H16BrN3O2. The number of benzene rings is 2. The number of aromatic nitrogens is 3. The Morgan fingerprint density at radius 1 is 0.793 bits per heavy atom. The highest BCUT2D eigenvalue weighted by atomic mass is 79.9. The Labute approximate surface area is 172 Å². The summed E-state index contributed by atoms with van der Waals surface area (Å²) in [5, 5.41) is 3.85. The largest absolute Gasteiger partial charge is 0.309 e. The molecule has 4 heterocycles. The van der Waals surface area contributed by atoms with Gasteiger partial charge in [-0.1, -0.05) is 52.3 Å². The van der Waals surface area contributed by atoms with E-state index in [2.05, 4.69) is 28.1 Å². The van der Waals surface area contributed by atoms with Crippen molar-refractivity contribution in [2.75, 3.05) is 5.33 Å². The predicted octanol–water partition coefficient (Wildman–Crippen LogP) is 4.40. The van der Waals surface area contributed by atoms with Crippen molar-refractivity contribution in [3.63, 3.8) is 0 Å². The zero-order valence-electron chi connectivity index (χ0n) is 15.4. The van der Waals surface area contributed by atoms with Crippen LogP contribution in [0, 0.1) is 0 Å². The smallest absolute Gasteiger partial charge is 0.280 e. The number of rotatable bonds is 3. The molecular weight excluding hydrogens is 430 g/mol. The summed E-state index contributed by atoms with van der Waals surface area (Å²) in [6, 6.07) is 18.2. The van der Waals surface area contributed by atoms with E-state index in [9.17, 15) is 9.59 Å². The lowest BCUT2D eigenvalue weighted by Crippen LogP contribution is -2.26. The van der Waals surface area contributed by atoms with Crippen LogP contribution in [0.2, 0.25) is 0 Å². The molecule has 6 heteroatoms. The zero-order chi connectivity index (χ0) is 19.7. The molecule has 0 aliphatic heterocycles. The van der Waals surface area contributed by atoms with Gasteiger partial charge in [-0.05, 0) is 24.6 Å². The van der Waals surface area contributed by atoms with Crippen molar-refractivity contribution in [1.29, 1.82) is 0 Å². The van der Waals surface area contributed by atoms with Crippen molar-refractivity contribution >= 4 is 59.7 Å². The monoisotopic (exact) mass is 445 g/mol. The van der Waals surface area contributed by atoms with Gasteiger partial charge in [0.05, 0.1) is 16.6 Å². The van der Waals surface area contributed by atoms with Gasteiger partial charge in [0.1, 0.15) is 11.0 Å². The minimum atomic E-state index is -0.233. The number of alkyl halides is 1. The second-order valence-corrected chi connectivity index (χ2v) is 8.15. The molecule has 0 aliphatic carbocycles. The topological polar surface area (TPSA) is 47.9 Å². The molecule has 2 aromatic carbocycles. The molecule has 29 heavy (non-hydrogen) atoms. The van der Waals surface area contributed by atoms with E-state index in [4.69, 9.17) is 0 Å². The van der Waals surface area contributed by atoms with Gasteiger partial charge in [-0.2, -0.15) is 0 Å². The van der Waals surface area contributed by atoms with Crippen LogP contribution in [0.3, 0.4) is 0 Å². The molecule has 0 fully saturated rings. The third-order valence-corrected chi connectivity index (χ3v) is 6.36. The number of halogens is 1. The summed E-state index contributed by atoms with van der Waals surface area (Å²) in [6.07, 6.45) is 2.62. The second kappa shape index (κ2) is 5.94.